The zero-order valence-electron chi connectivity index (χ0n) is 12.1. The molecule has 0 fully saturated rings. The Bertz CT molecular complexity index is 919. The smallest absolute Gasteiger partial charge is 0.266 e. The summed E-state index contributed by atoms with van der Waals surface area (Å²) >= 11 is 4.79. The van der Waals surface area contributed by atoms with Gasteiger partial charge in [-0.1, -0.05) is 24.0 Å². The summed E-state index contributed by atoms with van der Waals surface area (Å²) in [6.45, 7) is 3.44. The molecule has 22 heavy (non-hydrogen) atoms. The Labute approximate surface area is 135 Å². The highest BCUT2D eigenvalue weighted by molar-refractivity contribution is 7.71. The van der Waals surface area contributed by atoms with Gasteiger partial charge in [0, 0.05) is 0 Å². The molecule has 0 atom stereocenters. The molecule has 0 spiro atoms. The molecule has 1 aromatic carbocycles. The van der Waals surface area contributed by atoms with Gasteiger partial charge in [0.25, 0.3) is 4.84 Å². The largest absolute Gasteiger partial charge is 0.429 e. The van der Waals surface area contributed by atoms with Crippen molar-refractivity contribution in [3.8, 4) is 59.2 Å². The highest BCUT2D eigenvalue weighted by Gasteiger charge is 1.93. The standard InChI is InChI=1S/C12H6.C7H5NOS/c1-3-5-7-9-11-12-10-8-6-4-2;10-7-8-5-3-1-2-4-6(5)9-7/h1-2H3;1-4H,(H,8,10). The van der Waals surface area contributed by atoms with E-state index in [1.54, 1.807) is 13.8 Å². The van der Waals surface area contributed by atoms with Gasteiger partial charge in [0.2, 0.25) is 0 Å². The van der Waals surface area contributed by atoms with Gasteiger partial charge in [0.05, 0.1) is 5.52 Å². The molecule has 1 N–H and O–H groups in total. The molecular formula is C19H11NOS. The minimum Gasteiger partial charge on any atom is -0.429 e. The van der Waals surface area contributed by atoms with Gasteiger partial charge in [0.1, 0.15) is 0 Å². The SMILES string of the molecule is CC#CC#CC#CC#CC#CC.S=c1[nH]c2ccccc2o1. The van der Waals surface area contributed by atoms with Crippen molar-refractivity contribution in [2.24, 2.45) is 0 Å². The van der Waals surface area contributed by atoms with Crippen LogP contribution in [0.15, 0.2) is 28.7 Å². The third-order valence-electron chi connectivity index (χ3n) is 2.01. The Kier molecular flexibility index (Phi) is 7.99. The first-order chi connectivity index (χ1) is 10.8. The molecule has 0 bridgehead atoms. The number of H-pyrrole nitrogens is 1. The number of para-hydroxylation sites is 2. The summed E-state index contributed by atoms with van der Waals surface area (Å²) in [5.74, 6) is 25.6. The predicted octanol–water partition coefficient (Wildman–Crippen LogP) is 3.53. The fraction of sp³-hybridized carbons (Fsp3) is 0.105. The van der Waals surface area contributed by atoms with Crippen LogP contribution in [0.2, 0.25) is 0 Å². The van der Waals surface area contributed by atoms with Crippen LogP contribution in [0.5, 0.6) is 0 Å². The van der Waals surface area contributed by atoms with Gasteiger partial charge in [-0.2, -0.15) is 0 Å². The van der Waals surface area contributed by atoms with Crippen molar-refractivity contribution in [1.29, 1.82) is 0 Å². The number of hydrogen-bond donors (Lipinski definition) is 1. The lowest BCUT2D eigenvalue weighted by molar-refractivity contribution is 0.583. The number of oxazole rings is 1. The van der Waals surface area contributed by atoms with E-state index in [9.17, 15) is 0 Å². The Morgan fingerprint density at radius 3 is 1.82 bits per heavy atom. The first-order valence-electron chi connectivity index (χ1n) is 6.19. The molecule has 2 nitrogen and oxygen atoms in total. The second-order valence-corrected chi connectivity index (χ2v) is 3.88. The quantitative estimate of drug-likeness (QED) is 0.596. The highest BCUT2D eigenvalue weighted by atomic mass is 32.1. The van der Waals surface area contributed by atoms with E-state index >= 15 is 0 Å². The molecule has 104 valence electrons. The topological polar surface area (TPSA) is 28.9 Å². The maximum atomic E-state index is 5.13. The minimum atomic E-state index is 0.432. The summed E-state index contributed by atoms with van der Waals surface area (Å²) in [5, 5.41) is 0. The number of aromatic nitrogens is 1. The average Bonchev–Trinajstić information content (AvgIpc) is 2.91. The maximum Gasteiger partial charge on any atom is 0.266 e. The Morgan fingerprint density at radius 1 is 0.818 bits per heavy atom. The van der Waals surface area contributed by atoms with Crippen molar-refractivity contribution >= 4 is 23.3 Å². The summed E-state index contributed by atoms with van der Waals surface area (Å²) in [6.07, 6.45) is 0. The molecule has 0 saturated heterocycles. The Balaban J connectivity index is 0.000000222. The number of aromatic amines is 1. The summed E-state index contributed by atoms with van der Waals surface area (Å²) in [5.41, 5.74) is 1.76. The van der Waals surface area contributed by atoms with E-state index < -0.39 is 0 Å². The van der Waals surface area contributed by atoms with Crippen molar-refractivity contribution < 1.29 is 4.42 Å². The zero-order chi connectivity index (χ0) is 16.0. The monoisotopic (exact) mass is 301 g/mol. The second kappa shape index (κ2) is 10.5. The predicted molar refractivity (Wildman–Crippen MR) is 91.6 cm³/mol. The van der Waals surface area contributed by atoms with Crippen molar-refractivity contribution in [1.82, 2.24) is 4.98 Å². The van der Waals surface area contributed by atoms with Crippen LogP contribution in [0, 0.1) is 64.0 Å². The third kappa shape index (κ3) is 6.75. The number of rotatable bonds is 0. The zero-order valence-corrected chi connectivity index (χ0v) is 12.9. The summed E-state index contributed by atoms with van der Waals surface area (Å²) < 4.78 is 5.13. The van der Waals surface area contributed by atoms with Crippen LogP contribution >= 0.6 is 12.2 Å². The molecule has 0 aliphatic rings. The molecule has 0 saturated carbocycles. The minimum absolute atomic E-state index is 0.432. The molecule has 2 rings (SSSR count). The molecule has 1 aromatic heterocycles. The maximum absolute atomic E-state index is 5.13. The summed E-state index contributed by atoms with van der Waals surface area (Å²) in [7, 11) is 0. The first kappa shape index (κ1) is 16.8. The molecule has 0 unspecified atom stereocenters. The van der Waals surface area contributed by atoms with Crippen molar-refractivity contribution in [2.75, 3.05) is 0 Å². The van der Waals surface area contributed by atoms with Crippen molar-refractivity contribution in [3.05, 3.63) is 29.1 Å². The molecule has 2 aromatic rings. The van der Waals surface area contributed by atoms with Crippen LogP contribution in [0.3, 0.4) is 0 Å². The lowest BCUT2D eigenvalue weighted by Gasteiger charge is -1.80. The van der Waals surface area contributed by atoms with E-state index in [1.807, 2.05) is 24.3 Å². The third-order valence-corrected chi connectivity index (χ3v) is 2.20. The molecule has 3 heteroatoms. The molecule has 0 radical (unpaired) electrons. The Hall–Kier alpha value is -3.29. The van der Waals surface area contributed by atoms with Gasteiger partial charge in [-0.05, 0) is 85.6 Å². The van der Waals surface area contributed by atoms with Gasteiger partial charge in [0.15, 0.2) is 5.58 Å². The van der Waals surface area contributed by atoms with Crippen molar-refractivity contribution in [3.63, 3.8) is 0 Å². The number of hydrogen-bond acceptors (Lipinski definition) is 2. The number of fused-ring (bicyclic) bond motifs is 1. The van der Waals surface area contributed by atoms with Crippen LogP contribution in [0.25, 0.3) is 11.1 Å². The molecule has 1 heterocycles. The fourth-order valence-electron chi connectivity index (χ4n) is 1.21. The second-order valence-electron chi connectivity index (χ2n) is 3.51. The van der Waals surface area contributed by atoms with Gasteiger partial charge in [-0.15, -0.1) is 0 Å². The lowest BCUT2D eigenvalue weighted by Crippen LogP contribution is -1.62. The lowest BCUT2D eigenvalue weighted by atomic mass is 10.3. The number of benzene rings is 1. The van der Waals surface area contributed by atoms with Gasteiger partial charge in [-0.25, -0.2) is 0 Å². The first-order valence-corrected chi connectivity index (χ1v) is 6.60. The molecule has 0 aliphatic heterocycles. The van der Waals surface area contributed by atoms with E-state index in [1.165, 1.54) is 0 Å². The summed E-state index contributed by atoms with van der Waals surface area (Å²) in [4.78, 5) is 3.34. The molecular weight excluding hydrogens is 290 g/mol. The normalized spacial score (nSPS) is 6.82. The fourth-order valence-corrected chi connectivity index (χ4v) is 1.41. The van der Waals surface area contributed by atoms with E-state index in [2.05, 4.69) is 64.2 Å². The van der Waals surface area contributed by atoms with Crippen LogP contribution in [-0.2, 0) is 0 Å². The van der Waals surface area contributed by atoms with E-state index in [-0.39, 0.29) is 0 Å². The Morgan fingerprint density at radius 2 is 1.32 bits per heavy atom. The van der Waals surface area contributed by atoms with Crippen LogP contribution in [0.1, 0.15) is 13.8 Å². The molecule has 0 amide bonds. The van der Waals surface area contributed by atoms with E-state index in [4.69, 9.17) is 16.6 Å². The van der Waals surface area contributed by atoms with E-state index in [0.717, 1.165) is 11.1 Å². The summed E-state index contributed by atoms with van der Waals surface area (Å²) in [6, 6.07) is 7.65. The average molecular weight is 301 g/mol. The molecule has 0 aliphatic carbocycles. The van der Waals surface area contributed by atoms with Gasteiger partial charge < -0.3 is 9.40 Å². The highest BCUT2D eigenvalue weighted by Crippen LogP contribution is 2.10. The van der Waals surface area contributed by atoms with Crippen molar-refractivity contribution in [2.45, 2.75) is 13.8 Å². The van der Waals surface area contributed by atoms with Gasteiger partial charge in [-0.3, -0.25) is 0 Å². The van der Waals surface area contributed by atoms with Crippen LogP contribution in [-0.4, -0.2) is 4.98 Å². The van der Waals surface area contributed by atoms with Crippen LogP contribution < -0.4 is 0 Å². The van der Waals surface area contributed by atoms with Crippen LogP contribution in [0.4, 0.5) is 0 Å². The van der Waals surface area contributed by atoms with E-state index in [0.29, 0.717) is 4.84 Å². The number of nitrogens with one attached hydrogen (secondary N) is 1. The van der Waals surface area contributed by atoms with Gasteiger partial charge >= 0.3 is 0 Å².